The zero-order valence-electron chi connectivity index (χ0n) is 10.8. The van der Waals surface area contributed by atoms with Gasteiger partial charge in [0.1, 0.15) is 0 Å². The van der Waals surface area contributed by atoms with E-state index in [1.54, 1.807) is 26.0 Å². The number of sulfonamides is 1. The molecule has 0 bridgehead atoms. The molecule has 0 amide bonds. The summed E-state index contributed by atoms with van der Waals surface area (Å²) < 4.78 is 27.9. The molecule has 0 saturated heterocycles. The fourth-order valence-electron chi connectivity index (χ4n) is 1.61. The quantitative estimate of drug-likeness (QED) is 0.774. The molecule has 4 heteroatoms. The first kappa shape index (κ1) is 13.9. The number of hydrogen-bond donors (Lipinski definition) is 0. The molecule has 0 atom stereocenters. The lowest BCUT2D eigenvalue weighted by atomic mass is 10.2. The molecule has 1 aromatic carbocycles. The fraction of sp³-hybridized carbons (Fsp3) is 0.462. The molecule has 0 aliphatic rings. The van der Waals surface area contributed by atoms with Crippen molar-refractivity contribution in [2.24, 2.45) is 10.3 Å². The largest absolute Gasteiger partial charge is 0.282 e. The maximum absolute atomic E-state index is 12.1. The van der Waals surface area contributed by atoms with Crippen LogP contribution in [0.15, 0.2) is 27.5 Å². The highest BCUT2D eigenvalue weighted by molar-refractivity contribution is 7.90. The summed E-state index contributed by atoms with van der Waals surface area (Å²) in [5.41, 5.74) is 1.48. The first-order valence-electron chi connectivity index (χ1n) is 5.69. The van der Waals surface area contributed by atoms with Crippen LogP contribution in [0, 0.1) is 19.8 Å². The maximum atomic E-state index is 12.1. The first-order chi connectivity index (χ1) is 7.84. The SMILES string of the molecule is Cc1cccc(C)c1S(=O)(=O)/N=C/CC(C)C. The molecule has 94 valence electrons. The molecule has 0 N–H and O–H groups in total. The van der Waals surface area contributed by atoms with Gasteiger partial charge in [-0.15, -0.1) is 0 Å². The minimum Gasteiger partial charge on any atom is -0.199 e. The lowest BCUT2D eigenvalue weighted by Gasteiger charge is -2.06. The molecule has 0 aromatic heterocycles. The van der Waals surface area contributed by atoms with Gasteiger partial charge in [-0.3, -0.25) is 0 Å². The van der Waals surface area contributed by atoms with Crippen molar-refractivity contribution < 1.29 is 8.42 Å². The topological polar surface area (TPSA) is 46.5 Å². The predicted octanol–water partition coefficient (Wildman–Crippen LogP) is 3.11. The Morgan fingerprint density at radius 2 is 1.76 bits per heavy atom. The van der Waals surface area contributed by atoms with Gasteiger partial charge < -0.3 is 0 Å². The molecule has 3 nitrogen and oxygen atoms in total. The summed E-state index contributed by atoms with van der Waals surface area (Å²) in [6, 6.07) is 5.43. The van der Waals surface area contributed by atoms with E-state index in [9.17, 15) is 8.42 Å². The Balaban J connectivity index is 3.10. The summed E-state index contributed by atoms with van der Waals surface area (Å²) >= 11 is 0. The summed E-state index contributed by atoms with van der Waals surface area (Å²) in [7, 11) is -3.55. The predicted molar refractivity (Wildman–Crippen MR) is 71.0 cm³/mol. The Kier molecular flexibility index (Phi) is 4.46. The standard InChI is InChI=1S/C13H19NO2S/c1-10(2)8-9-14-17(15,16)13-11(3)6-5-7-12(13)4/h5-7,9-10H,8H2,1-4H3/b14-9+. The van der Waals surface area contributed by atoms with E-state index >= 15 is 0 Å². The molecule has 17 heavy (non-hydrogen) atoms. The Morgan fingerprint density at radius 1 is 1.24 bits per heavy atom. The van der Waals surface area contributed by atoms with E-state index in [0.29, 0.717) is 17.2 Å². The summed E-state index contributed by atoms with van der Waals surface area (Å²) in [5.74, 6) is 0.409. The van der Waals surface area contributed by atoms with Gasteiger partial charge in [-0.2, -0.15) is 12.8 Å². The van der Waals surface area contributed by atoms with Gasteiger partial charge in [-0.1, -0.05) is 32.0 Å². The van der Waals surface area contributed by atoms with Crippen LogP contribution in [0.5, 0.6) is 0 Å². The van der Waals surface area contributed by atoms with Gasteiger partial charge in [0.2, 0.25) is 0 Å². The molecule has 0 aliphatic carbocycles. The Bertz CT molecular complexity index is 496. The van der Waals surface area contributed by atoms with Crippen molar-refractivity contribution in [2.75, 3.05) is 0 Å². The van der Waals surface area contributed by atoms with Crippen molar-refractivity contribution in [3.05, 3.63) is 29.3 Å². The van der Waals surface area contributed by atoms with E-state index in [1.807, 2.05) is 19.9 Å². The van der Waals surface area contributed by atoms with Crippen LogP contribution in [-0.4, -0.2) is 14.6 Å². The molecule has 0 fully saturated rings. The van der Waals surface area contributed by atoms with E-state index in [0.717, 1.165) is 11.1 Å². The average molecular weight is 253 g/mol. The van der Waals surface area contributed by atoms with Gasteiger partial charge in [0, 0.05) is 6.21 Å². The fourth-order valence-corrected chi connectivity index (χ4v) is 2.95. The van der Waals surface area contributed by atoms with Crippen molar-refractivity contribution >= 4 is 16.2 Å². The summed E-state index contributed by atoms with van der Waals surface area (Å²) in [5, 5.41) is 0. The van der Waals surface area contributed by atoms with Crippen molar-refractivity contribution in [1.29, 1.82) is 0 Å². The number of benzene rings is 1. The zero-order valence-corrected chi connectivity index (χ0v) is 11.6. The lowest BCUT2D eigenvalue weighted by molar-refractivity contribution is 0.596. The van der Waals surface area contributed by atoms with Crippen molar-refractivity contribution in [2.45, 2.75) is 39.0 Å². The molecule has 1 rings (SSSR count). The minimum absolute atomic E-state index is 0.333. The smallest absolute Gasteiger partial charge is 0.199 e. The maximum Gasteiger partial charge on any atom is 0.282 e. The second-order valence-electron chi connectivity index (χ2n) is 4.61. The normalized spacial score (nSPS) is 12.5. The summed E-state index contributed by atoms with van der Waals surface area (Å²) in [6.07, 6.45) is 2.16. The highest BCUT2D eigenvalue weighted by Gasteiger charge is 2.17. The molecule has 0 spiro atoms. The molecule has 0 heterocycles. The third-order valence-corrected chi connectivity index (χ3v) is 4.04. The Morgan fingerprint density at radius 3 is 2.24 bits per heavy atom. The number of rotatable bonds is 4. The molecule has 1 aromatic rings. The monoisotopic (exact) mass is 253 g/mol. The highest BCUT2D eigenvalue weighted by Crippen LogP contribution is 2.21. The molecule has 0 unspecified atom stereocenters. The van der Waals surface area contributed by atoms with Gasteiger partial charge in [-0.05, 0) is 37.3 Å². The number of nitrogens with zero attached hydrogens (tertiary/aromatic N) is 1. The zero-order chi connectivity index (χ0) is 13.1. The van der Waals surface area contributed by atoms with Crippen molar-refractivity contribution in [3.8, 4) is 0 Å². The second kappa shape index (κ2) is 5.45. The third-order valence-electron chi connectivity index (χ3n) is 2.46. The van der Waals surface area contributed by atoms with Crippen LogP contribution < -0.4 is 0 Å². The second-order valence-corrected chi connectivity index (χ2v) is 6.18. The van der Waals surface area contributed by atoms with Crippen LogP contribution in [0.2, 0.25) is 0 Å². The molecule has 0 saturated carbocycles. The van der Waals surface area contributed by atoms with Crippen LogP contribution in [0.1, 0.15) is 31.4 Å². The van der Waals surface area contributed by atoms with E-state index < -0.39 is 10.0 Å². The molecular formula is C13H19NO2S. The Labute approximate surface area is 104 Å². The van der Waals surface area contributed by atoms with E-state index in [2.05, 4.69) is 4.40 Å². The minimum atomic E-state index is -3.55. The average Bonchev–Trinajstić information content (AvgIpc) is 2.15. The van der Waals surface area contributed by atoms with E-state index in [-0.39, 0.29) is 0 Å². The third kappa shape index (κ3) is 3.66. The van der Waals surface area contributed by atoms with Crippen LogP contribution >= 0.6 is 0 Å². The van der Waals surface area contributed by atoms with Crippen molar-refractivity contribution in [3.63, 3.8) is 0 Å². The van der Waals surface area contributed by atoms with Crippen LogP contribution in [0.3, 0.4) is 0 Å². The molecular weight excluding hydrogens is 234 g/mol. The van der Waals surface area contributed by atoms with Gasteiger partial charge in [-0.25, -0.2) is 0 Å². The van der Waals surface area contributed by atoms with Gasteiger partial charge >= 0.3 is 0 Å². The highest BCUT2D eigenvalue weighted by atomic mass is 32.2. The van der Waals surface area contributed by atoms with Crippen LogP contribution in [-0.2, 0) is 10.0 Å². The van der Waals surface area contributed by atoms with Crippen LogP contribution in [0.4, 0.5) is 0 Å². The first-order valence-corrected chi connectivity index (χ1v) is 7.13. The lowest BCUT2D eigenvalue weighted by Crippen LogP contribution is -2.03. The number of hydrogen-bond acceptors (Lipinski definition) is 2. The van der Waals surface area contributed by atoms with Gasteiger partial charge in [0.15, 0.2) is 0 Å². The summed E-state index contributed by atoms with van der Waals surface area (Å²) in [6.45, 7) is 7.63. The van der Waals surface area contributed by atoms with E-state index in [1.165, 1.54) is 6.21 Å². The van der Waals surface area contributed by atoms with Crippen molar-refractivity contribution in [1.82, 2.24) is 0 Å². The summed E-state index contributed by atoms with van der Waals surface area (Å²) in [4.78, 5) is 0.333. The van der Waals surface area contributed by atoms with Gasteiger partial charge in [0.25, 0.3) is 10.0 Å². The van der Waals surface area contributed by atoms with Gasteiger partial charge in [0.05, 0.1) is 4.90 Å². The van der Waals surface area contributed by atoms with E-state index in [4.69, 9.17) is 0 Å². The Hall–Kier alpha value is -1.16. The molecule has 0 radical (unpaired) electrons. The number of aryl methyl sites for hydroxylation is 2. The van der Waals surface area contributed by atoms with Crippen LogP contribution in [0.25, 0.3) is 0 Å². The molecule has 0 aliphatic heterocycles.